The zero-order valence-corrected chi connectivity index (χ0v) is 17.2. The molecule has 2 saturated carbocycles. The van der Waals surface area contributed by atoms with Crippen molar-refractivity contribution in [1.82, 2.24) is 0 Å². The van der Waals surface area contributed by atoms with Gasteiger partial charge in [0.1, 0.15) is 5.75 Å². The molecule has 4 unspecified atom stereocenters. The number of benzene rings is 1. The van der Waals surface area contributed by atoms with E-state index in [9.17, 15) is 19.6 Å². The van der Waals surface area contributed by atoms with Crippen molar-refractivity contribution in [2.24, 2.45) is 22.7 Å². The van der Waals surface area contributed by atoms with Crippen molar-refractivity contribution < 1.29 is 24.3 Å². The third kappa shape index (κ3) is 3.26. The molecule has 2 fully saturated rings. The SMILES string of the molecule is CC1(C(=O)Oc2ccc(N([O-])O)cc2)CCCC2(C)C3CCC(=O)C=C3C(=O)CC12. The smallest absolute Gasteiger partial charge is 0.317 e. The molecule has 160 valence electrons. The quantitative estimate of drug-likeness (QED) is 0.455. The molecule has 3 aliphatic rings. The molecule has 7 nitrogen and oxygen atoms in total. The van der Waals surface area contributed by atoms with E-state index in [4.69, 9.17) is 9.94 Å². The number of ether oxygens (including phenoxy) is 1. The molecule has 1 aromatic rings. The molecule has 0 spiro atoms. The Hall–Kier alpha value is -2.51. The summed E-state index contributed by atoms with van der Waals surface area (Å²) in [6.45, 7) is 4.04. The number of Topliss-reactive ketones (excluding diaryl/α,β-unsaturated/α-hetero) is 1. The van der Waals surface area contributed by atoms with Crippen molar-refractivity contribution in [2.45, 2.75) is 52.4 Å². The van der Waals surface area contributed by atoms with Crippen molar-refractivity contribution in [3.05, 3.63) is 41.1 Å². The number of carbonyl (C=O) groups excluding carboxylic acids is 3. The molecule has 4 rings (SSSR count). The second kappa shape index (κ2) is 7.32. The molecule has 1 aromatic carbocycles. The molecule has 3 aliphatic carbocycles. The Morgan fingerprint density at radius 2 is 1.90 bits per heavy atom. The fraction of sp³-hybridized carbons (Fsp3) is 0.522. The number of ketones is 2. The summed E-state index contributed by atoms with van der Waals surface area (Å²) in [5.41, 5.74) is -0.383. The Morgan fingerprint density at radius 1 is 1.20 bits per heavy atom. The third-order valence-electron chi connectivity index (χ3n) is 7.59. The van der Waals surface area contributed by atoms with Crippen LogP contribution in [0.1, 0.15) is 52.4 Å². The topological polar surface area (TPSA) is 107 Å². The van der Waals surface area contributed by atoms with E-state index in [2.05, 4.69) is 6.92 Å². The average molecular weight is 412 g/mol. The van der Waals surface area contributed by atoms with E-state index in [0.717, 1.165) is 12.8 Å². The summed E-state index contributed by atoms with van der Waals surface area (Å²) < 4.78 is 5.65. The lowest BCUT2D eigenvalue weighted by Gasteiger charge is -2.57. The van der Waals surface area contributed by atoms with Crippen LogP contribution in [0.5, 0.6) is 5.75 Å². The maximum Gasteiger partial charge on any atom is 0.317 e. The second-order valence-corrected chi connectivity index (χ2v) is 9.27. The van der Waals surface area contributed by atoms with Gasteiger partial charge in [-0.15, -0.1) is 0 Å². The van der Waals surface area contributed by atoms with Crippen molar-refractivity contribution in [3.63, 3.8) is 0 Å². The van der Waals surface area contributed by atoms with Crippen LogP contribution in [0.4, 0.5) is 5.69 Å². The monoisotopic (exact) mass is 412 g/mol. The van der Waals surface area contributed by atoms with E-state index in [1.54, 1.807) is 0 Å². The Morgan fingerprint density at radius 3 is 2.57 bits per heavy atom. The fourth-order valence-electron chi connectivity index (χ4n) is 5.95. The standard InChI is InChI=1S/C23H26NO6/c1-22-10-3-11-23(2,21(27)30-16-7-4-14(5-8-16)24(28)29)20(22)13-19(26)17-12-15(25)6-9-18(17)22/h4-5,7-8,12,18,20,28H,3,6,9-11,13H2,1-2H3/q-1. The zero-order valence-electron chi connectivity index (χ0n) is 17.2. The van der Waals surface area contributed by atoms with Gasteiger partial charge in [0.15, 0.2) is 11.6 Å². The molecule has 4 atom stereocenters. The van der Waals surface area contributed by atoms with Crippen molar-refractivity contribution in [1.29, 1.82) is 0 Å². The van der Waals surface area contributed by atoms with Gasteiger partial charge in [0.05, 0.1) is 11.1 Å². The summed E-state index contributed by atoms with van der Waals surface area (Å²) in [7, 11) is 0. The number of hydrogen-bond donors (Lipinski definition) is 1. The molecule has 7 heteroatoms. The van der Waals surface area contributed by atoms with Crippen LogP contribution in [-0.2, 0) is 14.4 Å². The molecule has 0 saturated heterocycles. The molecule has 0 heterocycles. The molecule has 0 bridgehead atoms. The van der Waals surface area contributed by atoms with E-state index < -0.39 is 5.41 Å². The van der Waals surface area contributed by atoms with Gasteiger partial charge < -0.3 is 15.2 Å². The van der Waals surface area contributed by atoms with Gasteiger partial charge in [0.25, 0.3) is 0 Å². The first-order valence-corrected chi connectivity index (χ1v) is 10.4. The Balaban J connectivity index is 1.62. The summed E-state index contributed by atoms with van der Waals surface area (Å²) in [4.78, 5) is 38.1. The van der Waals surface area contributed by atoms with Crippen LogP contribution in [0.3, 0.4) is 0 Å². The molecule has 0 aliphatic heterocycles. The number of allylic oxidation sites excluding steroid dienone is 2. The predicted molar refractivity (Wildman–Crippen MR) is 109 cm³/mol. The Bertz CT molecular complexity index is 920. The maximum atomic E-state index is 13.3. The maximum absolute atomic E-state index is 13.3. The van der Waals surface area contributed by atoms with Gasteiger partial charge in [-0.3, -0.25) is 19.6 Å². The molecule has 1 N–H and O–H groups in total. The van der Waals surface area contributed by atoms with E-state index in [0.29, 0.717) is 24.8 Å². The lowest BCUT2D eigenvalue weighted by atomic mass is 9.45. The largest absolute Gasteiger partial charge is 0.733 e. The molecule has 30 heavy (non-hydrogen) atoms. The van der Waals surface area contributed by atoms with Crippen LogP contribution < -0.4 is 9.96 Å². The molecule has 0 aromatic heterocycles. The van der Waals surface area contributed by atoms with Gasteiger partial charge in [-0.1, -0.05) is 13.3 Å². The van der Waals surface area contributed by atoms with E-state index >= 15 is 0 Å². The van der Waals surface area contributed by atoms with Crippen LogP contribution >= 0.6 is 0 Å². The van der Waals surface area contributed by atoms with Crippen LogP contribution in [-0.4, -0.2) is 22.7 Å². The Kier molecular flexibility index (Phi) is 5.06. The minimum absolute atomic E-state index is 0.000694. The fourth-order valence-corrected chi connectivity index (χ4v) is 5.95. The molecular formula is C23H26NO6-. The second-order valence-electron chi connectivity index (χ2n) is 9.27. The highest BCUT2D eigenvalue weighted by molar-refractivity contribution is 6.05. The number of fused-ring (bicyclic) bond motifs is 3. The lowest BCUT2D eigenvalue weighted by Crippen LogP contribution is -2.56. The summed E-state index contributed by atoms with van der Waals surface area (Å²) in [5.74, 6) is -0.285. The normalized spacial score (nSPS) is 33.3. The number of nitrogens with zero attached hydrogens (tertiary/aromatic N) is 1. The van der Waals surface area contributed by atoms with Crippen LogP contribution in [0.15, 0.2) is 35.9 Å². The third-order valence-corrected chi connectivity index (χ3v) is 7.59. The highest BCUT2D eigenvalue weighted by Crippen LogP contribution is 2.62. The van der Waals surface area contributed by atoms with Gasteiger partial charge in [-0.2, -0.15) is 0 Å². The average Bonchev–Trinajstić information content (AvgIpc) is 2.70. The first-order chi connectivity index (χ1) is 14.1. The first-order valence-electron chi connectivity index (χ1n) is 10.4. The number of esters is 1. The number of anilines is 1. The van der Waals surface area contributed by atoms with Gasteiger partial charge >= 0.3 is 5.97 Å². The van der Waals surface area contributed by atoms with Gasteiger partial charge in [0, 0.05) is 18.4 Å². The van der Waals surface area contributed by atoms with E-state index in [1.165, 1.54) is 30.3 Å². The summed E-state index contributed by atoms with van der Waals surface area (Å²) >= 11 is 0. The predicted octanol–water partition coefficient (Wildman–Crippen LogP) is 3.98. The molecular weight excluding hydrogens is 386 g/mol. The highest BCUT2D eigenvalue weighted by atomic mass is 16.8. The molecule has 0 amide bonds. The molecule has 0 radical (unpaired) electrons. The van der Waals surface area contributed by atoms with Gasteiger partial charge in [-0.25, -0.2) is 0 Å². The Labute approximate surface area is 175 Å². The minimum Gasteiger partial charge on any atom is -0.733 e. The minimum atomic E-state index is -0.824. The lowest BCUT2D eigenvalue weighted by molar-refractivity contribution is -0.163. The van der Waals surface area contributed by atoms with E-state index in [1.807, 2.05) is 6.92 Å². The highest BCUT2D eigenvalue weighted by Gasteiger charge is 2.60. The first kappa shape index (κ1) is 20.8. The van der Waals surface area contributed by atoms with Crippen molar-refractivity contribution in [2.75, 3.05) is 5.23 Å². The summed E-state index contributed by atoms with van der Waals surface area (Å²) in [6, 6.07) is 5.64. The van der Waals surface area contributed by atoms with Crippen LogP contribution in [0.2, 0.25) is 0 Å². The number of rotatable bonds is 3. The van der Waals surface area contributed by atoms with Crippen LogP contribution in [0, 0.1) is 27.9 Å². The number of carbonyl (C=O) groups is 3. The van der Waals surface area contributed by atoms with Gasteiger partial charge in [-0.05, 0) is 73.8 Å². The summed E-state index contributed by atoms with van der Waals surface area (Å²) in [6.07, 6.45) is 5.26. The zero-order chi connectivity index (χ0) is 21.7. The van der Waals surface area contributed by atoms with E-state index in [-0.39, 0.29) is 57.9 Å². The van der Waals surface area contributed by atoms with Crippen molar-refractivity contribution >= 4 is 23.2 Å². The van der Waals surface area contributed by atoms with Gasteiger partial charge in [0.2, 0.25) is 0 Å². The number of hydrogen-bond acceptors (Lipinski definition) is 7. The van der Waals surface area contributed by atoms with Crippen LogP contribution in [0.25, 0.3) is 0 Å². The summed E-state index contributed by atoms with van der Waals surface area (Å²) in [5, 5.41) is 19.6. The van der Waals surface area contributed by atoms with Crippen molar-refractivity contribution in [3.8, 4) is 5.75 Å².